The van der Waals surface area contributed by atoms with Gasteiger partial charge in [-0.05, 0) is 73.3 Å². The maximum Gasteiger partial charge on any atom is 0.161 e. The summed E-state index contributed by atoms with van der Waals surface area (Å²) in [4.78, 5) is 1.47. The molecule has 3 aromatic carbocycles. The van der Waals surface area contributed by atoms with Gasteiger partial charge in [0.15, 0.2) is 23.0 Å². The minimum absolute atomic E-state index is 0.0235. The topological polar surface area (TPSA) is 66.0 Å². The van der Waals surface area contributed by atoms with Gasteiger partial charge in [0.05, 0.1) is 44.1 Å². The Kier molecular flexibility index (Phi) is 7.44. The molecule has 6 nitrogen and oxygen atoms in total. The van der Waals surface area contributed by atoms with Gasteiger partial charge in [0, 0.05) is 17.0 Å². The Labute approximate surface area is 203 Å². The minimum atomic E-state index is -1.37. The molecule has 180 valence electrons. The van der Waals surface area contributed by atoms with Gasteiger partial charge >= 0.3 is 0 Å². The van der Waals surface area contributed by atoms with Crippen LogP contribution in [0.1, 0.15) is 28.3 Å². The van der Waals surface area contributed by atoms with Crippen LogP contribution in [0.15, 0.2) is 58.3 Å². The van der Waals surface area contributed by atoms with Gasteiger partial charge in [-0.1, -0.05) is 17.7 Å². The number of benzene rings is 3. The lowest BCUT2D eigenvalue weighted by atomic mass is 9.89. The first-order valence-corrected chi connectivity index (χ1v) is 12.4. The van der Waals surface area contributed by atoms with Gasteiger partial charge in [0.25, 0.3) is 0 Å². The average Bonchev–Trinajstić information content (AvgIpc) is 2.87. The first-order valence-electron chi connectivity index (χ1n) is 11.2. The Morgan fingerprint density at radius 1 is 0.853 bits per heavy atom. The highest BCUT2D eigenvalue weighted by Gasteiger charge is 2.26. The van der Waals surface area contributed by atoms with Crippen LogP contribution >= 0.6 is 0 Å². The zero-order valence-corrected chi connectivity index (χ0v) is 21.1. The van der Waals surface area contributed by atoms with Crippen molar-refractivity contribution in [3.05, 3.63) is 70.8 Å². The van der Waals surface area contributed by atoms with Crippen molar-refractivity contribution in [2.45, 2.75) is 35.6 Å². The number of rotatable bonds is 8. The number of fused-ring (bicyclic) bond motifs is 1. The van der Waals surface area contributed by atoms with E-state index in [-0.39, 0.29) is 6.04 Å². The molecule has 0 aromatic heterocycles. The molecule has 0 radical (unpaired) electrons. The van der Waals surface area contributed by atoms with Crippen LogP contribution in [0.25, 0.3) is 0 Å². The zero-order valence-electron chi connectivity index (χ0n) is 20.3. The predicted molar refractivity (Wildman–Crippen MR) is 133 cm³/mol. The number of nitrogens with one attached hydrogen (secondary N) is 1. The van der Waals surface area contributed by atoms with Crippen LogP contribution in [0, 0.1) is 6.92 Å². The molecule has 1 heterocycles. The van der Waals surface area contributed by atoms with Crippen LogP contribution < -0.4 is 24.3 Å². The molecule has 1 N–H and O–H groups in total. The van der Waals surface area contributed by atoms with Crippen LogP contribution in [0.5, 0.6) is 23.0 Å². The summed E-state index contributed by atoms with van der Waals surface area (Å²) in [6.07, 6.45) is 1.54. The molecule has 0 aliphatic carbocycles. The molecule has 0 saturated carbocycles. The van der Waals surface area contributed by atoms with Crippen LogP contribution in [0.2, 0.25) is 0 Å². The van der Waals surface area contributed by atoms with E-state index in [1.165, 1.54) is 5.56 Å². The van der Waals surface area contributed by atoms with Crippen LogP contribution in [-0.4, -0.2) is 39.2 Å². The number of aryl methyl sites for hydroxylation is 1. The standard InChI is InChI=1S/C27H31NO5S/c1-17-6-8-20(9-7-17)34(29)27-16-26(33-5)24(31-3)14-19(27)12-22-21-15-25(32-4)23(30-2)13-18(21)10-11-28-22/h6-9,13-16,22,28H,10-12H2,1-5H3/t22-,34?/m0/s1. The number of ether oxygens (including phenoxy) is 4. The first kappa shape index (κ1) is 24.1. The molecule has 34 heavy (non-hydrogen) atoms. The van der Waals surface area contributed by atoms with E-state index in [0.717, 1.165) is 45.2 Å². The van der Waals surface area contributed by atoms with Gasteiger partial charge in [0.1, 0.15) is 0 Å². The van der Waals surface area contributed by atoms with E-state index in [2.05, 4.69) is 11.4 Å². The molecular formula is C27H31NO5S. The largest absolute Gasteiger partial charge is 0.493 e. The summed E-state index contributed by atoms with van der Waals surface area (Å²) in [7, 11) is 5.13. The summed E-state index contributed by atoms with van der Waals surface area (Å²) in [5.74, 6) is 2.61. The third-order valence-corrected chi connectivity index (χ3v) is 7.71. The molecular weight excluding hydrogens is 450 g/mol. The summed E-state index contributed by atoms with van der Waals surface area (Å²) >= 11 is 0. The fourth-order valence-corrected chi connectivity index (χ4v) is 5.63. The van der Waals surface area contributed by atoms with Gasteiger partial charge in [-0.2, -0.15) is 0 Å². The third kappa shape index (κ3) is 4.76. The smallest absolute Gasteiger partial charge is 0.161 e. The SMILES string of the molecule is COc1cc2c(cc1OC)[C@H](Cc1cc(OC)c(OC)cc1S(=O)c1ccc(C)cc1)NCC2. The van der Waals surface area contributed by atoms with E-state index < -0.39 is 10.8 Å². The summed E-state index contributed by atoms with van der Waals surface area (Å²) in [5.41, 5.74) is 4.45. The Balaban J connectivity index is 1.78. The number of methoxy groups -OCH3 is 4. The van der Waals surface area contributed by atoms with Crippen molar-refractivity contribution < 1.29 is 23.2 Å². The number of hydrogen-bond acceptors (Lipinski definition) is 6. The van der Waals surface area contributed by atoms with Crippen molar-refractivity contribution >= 4 is 10.8 Å². The number of hydrogen-bond donors (Lipinski definition) is 1. The zero-order chi connectivity index (χ0) is 24.2. The van der Waals surface area contributed by atoms with Crippen LogP contribution in [0.4, 0.5) is 0 Å². The fraction of sp³-hybridized carbons (Fsp3) is 0.333. The molecule has 0 spiro atoms. The van der Waals surface area contributed by atoms with Crippen molar-refractivity contribution in [2.24, 2.45) is 0 Å². The lowest BCUT2D eigenvalue weighted by Gasteiger charge is -2.29. The first-order chi connectivity index (χ1) is 16.5. The van der Waals surface area contributed by atoms with E-state index in [0.29, 0.717) is 23.7 Å². The highest BCUT2D eigenvalue weighted by Crippen LogP contribution is 2.39. The Morgan fingerprint density at radius 3 is 2.09 bits per heavy atom. The maximum absolute atomic E-state index is 13.7. The highest BCUT2D eigenvalue weighted by atomic mass is 32.2. The van der Waals surface area contributed by atoms with Gasteiger partial charge in [0.2, 0.25) is 0 Å². The van der Waals surface area contributed by atoms with Gasteiger partial charge in [-0.15, -0.1) is 0 Å². The van der Waals surface area contributed by atoms with Crippen molar-refractivity contribution in [1.82, 2.24) is 5.32 Å². The van der Waals surface area contributed by atoms with Gasteiger partial charge in [-0.3, -0.25) is 0 Å². The average molecular weight is 482 g/mol. The van der Waals surface area contributed by atoms with Gasteiger partial charge < -0.3 is 24.3 Å². The molecule has 1 aliphatic rings. The van der Waals surface area contributed by atoms with Crippen LogP contribution in [0.3, 0.4) is 0 Å². The van der Waals surface area contributed by atoms with Crippen molar-refractivity contribution in [3.8, 4) is 23.0 Å². The molecule has 7 heteroatoms. The normalized spacial score (nSPS) is 15.9. The molecule has 1 unspecified atom stereocenters. The second kappa shape index (κ2) is 10.5. The van der Waals surface area contributed by atoms with E-state index in [1.54, 1.807) is 28.4 Å². The molecule has 4 rings (SSSR count). The lowest BCUT2D eigenvalue weighted by Crippen LogP contribution is -2.31. The monoisotopic (exact) mass is 481 g/mol. The van der Waals surface area contributed by atoms with Crippen LogP contribution in [-0.2, 0) is 23.6 Å². The third-order valence-electron chi connectivity index (χ3n) is 6.23. The Morgan fingerprint density at radius 2 is 1.44 bits per heavy atom. The van der Waals surface area contributed by atoms with Crippen molar-refractivity contribution in [3.63, 3.8) is 0 Å². The second-order valence-electron chi connectivity index (χ2n) is 8.26. The summed E-state index contributed by atoms with van der Waals surface area (Å²) in [6, 6.07) is 15.7. The summed E-state index contributed by atoms with van der Waals surface area (Å²) in [5, 5.41) is 3.62. The minimum Gasteiger partial charge on any atom is -0.493 e. The lowest BCUT2D eigenvalue weighted by molar-refractivity contribution is 0.351. The maximum atomic E-state index is 13.7. The van der Waals surface area contributed by atoms with E-state index >= 15 is 0 Å². The summed E-state index contributed by atoms with van der Waals surface area (Å²) in [6.45, 7) is 2.86. The predicted octanol–water partition coefficient (Wildman–Crippen LogP) is 4.63. The fourth-order valence-electron chi connectivity index (χ4n) is 4.39. The van der Waals surface area contributed by atoms with E-state index in [9.17, 15) is 4.21 Å². The Hall–Kier alpha value is -3.03. The molecule has 2 atom stereocenters. The van der Waals surface area contributed by atoms with Crippen molar-refractivity contribution in [1.29, 1.82) is 0 Å². The quantitative estimate of drug-likeness (QED) is 0.506. The van der Waals surface area contributed by atoms with E-state index in [1.807, 2.05) is 49.4 Å². The molecule has 0 saturated heterocycles. The molecule has 3 aromatic rings. The molecule has 0 fully saturated rings. The molecule has 0 amide bonds. The summed E-state index contributed by atoms with van der Waals surface area (Å²) < 4.78 is 35.8. The Bertz CT molecular complexity index is 1190. The molecule has 0 bridgehead atoms. The van der Waals surface area contributed by atoms with E-state index in [4.69, 9.17) is 18.9 Å². The second-order valence-corrected chi connectivity index (χ2v) is 9.71. The highest BCUT2D eigenvalue weighted by molar-refractivity contribution is 7.85. The molecule has 1 aliphatic heterocycles. The van der Waals surface area contributed by atoms with Gasteiger partial charge in [-0.25, -0.2) is 4.21 Å². The van der Waals surface area contributed by atoms with Crippen molar-refractivity contribution in [2.75, 3.05) is 35.0 Å².